The van der Waals surface area contributed by atoms with E-state index in [1.807, 2.05) is 6.92 Å². The van der Waals surface area contributed by atoms with Gasteiger partial charge in [0, 0.05) is 12.3 Å². The molecule has 1 aliphatic rings. The van der Waals surface area contributed by atoms with Crippen LogP contribution in [0.4, 0.5) is 0 Å². The van der Waals surface area contributed by atoms with Gasteiger partial charge in [0.15, 0.2) is 5.78 Å². The highest BCUT2D eigenvalue weighted by atomic mass is 16.3. The average molecular weight is 297 g/mol. The van der Waals surface area contributed by atoms with Crippen LogP contribution in [0.5, 0.6) is 0 Å². The van der Waals surface area contributed by atoms with Crippen molar-refractivity contribution in [3.05, 3.63) is 0 Å². The molecule has 0 spiro atoms. The van der Waals surface area contributed by atoms with Crippen LogP contribution in [0.1, 0.15) is 72.1 Å². The Morgan fingerprint density at radius 1 is 1.19 bits per heavy atom. The second-order valence-electron chi connectivity index (χ2n) is 6.67. The van der Waals surface area contributed by atoms with E-state index in [0.29, 0.717) is 12.3 Å². The van der Waals surface area contributed by atoms with Crippen LogP contribution in [0.25, 0.3) is 0 Å². The van der Waals surface area contributed by atoms with Gasteiger partial charge < -0.3 is 10.4 Å². The maximum absolute atomic E-state index is 12.1. The second kappa shape index (κ2) is 9.19. The molecule has 21 heavy (non-hydrogen) atoms. The molecule has 4 heteroatoms. The first-order valence-corrected chi connectivity index (χ1v) is 8.46. The highest BCUT2D eigenvalue weighted by Gasteiger charge is 2.31. The lowest BCUT2D eigenvalue weighted by Gasteiger charge is -2.30. The number of Topliss-reactive ketones (excluding diaryl/α,β-unsaturated/α-hetero) is 1. The summed E-state index contributed by atoms with van der Waals surface area (Å²) in [5.74, 6) is 0.0683. The molecule has 0 aliphatic heterocycles. The Morgan fingerprint density at radius 2 is 1.81 bits per heavy atom. The quantitative estimate of drug-likeness (QED) is 0.724. The van der Waals surface area contributed by atoms with Crippen molar-refractivity contribution in [3.63, 3.8) is 0 Å². The molecule has 4 nitrogen and oxygen atoms in total. The van der Waals surface area contributed by atoms with Crippen LogP contribution in [0.15, 0.2) is 0 Å². The number of hydrogen-bond acceptors (Lipinski definition) is 3. The topological polar surface area (TPSA) is 66.4 Å². The Hall–Kier alpha value is -0.900. The largest absolute Gasteiger partial charge is 0.383 e. The maximum atomic E-state index is 12.1. The summed E-state index contributed by atoms with van der Waals surface area (Å²) in [6, 6.07) is -0.429. The molecule has 122 valence electrons. The summed E-state index contributed by atoms with van der Waals surface area (Å²) < 4.78 is 0. The van der Waals surface area contributed by atoms with Gasteiger partial charge in [-0.15, -0.1) is 0 Å². The number of hydrogen-bond donors (Lipinski definition) is 2. The highest BCUT2D eigenvalue weighted by Crippen LogP contribution is 2.28. The van der Waals surface area contributed by atoms with Gasteiger partial charge in [-0.05, 0) is 18.8 Å². The number of amides is 1. The highest BCUT2D eigenvalue weighted by molar-refractivity contribution is 5.86. The van der Waals surface area contributed by atoms with Crippen LogP contribution in [-0.2, 0) is 9.59 Å². The Kier molecular flexibility index (Phi) is 7.94. The zero-order valence-corrected chi connectivity index (χ0v) is 13.7. The summed E-state index contributed by atoms with van der Waals surface area (Å²) in [6.45, 7) is 5.53. The first kappa shape index (κ1) is 18.1. The molecule has 1 rings (SSSR count). The summed E-state index contributed by atoms with van der Waals surface area (Å²) >= 11 is 0. The van der Waals surface area contributed by atoms with Gasteiger partial charge >= 0.3 is 0 Å². The number of rotatable bonds is 8. The van der Waals surface area contributed by atoms with E-state index in [0.717, 1.165) is 25.7 Å². The van der Waals surface area contributed by atoms with Gasteiger partial charge in [0.1, 0.15) is 6.10 Å². The van der Waals surface area contributed by atoms with Crippen molar-refractivity contribution in [1.82, 2.24) is 5.32 Å². The Bertz CT molecular complexity index is 335. The first-order chi connectivity index (χ1) is 9.95. The number of ketones is 1. The van der Waals surface area contributed by atoms with Crippen molar-refractivity contribution >= 4 is 11.7 Å². The Morgan fingerprint density at radius 3 is 2.33 bits per heavy atom. The number of nitrogens with one attached hydrogen (secondary N) is 1. The molecule has 0 aromatic heterocycles. The molecule has 0 saturated heterocycles. The van der Waals surface area contributed by atoms with E-state index in [4.69, 9.17) is 0 Å². The molecular formula is C17H31NO3. The minimum absolute atomic E-state index is 0.0612. The number of carbonyl (C=O) groups excluding carboxylic acids is 2. The molecule has 1 amide bonds. The SMILES string of the molecule is CCCC(=O)N[C@@H](CC1CCCCC1)[C@@H](O)C(=O)C(C)C. The van der Waals surface area contributed by atoms with Crippen molar-refractivity contribution in [1.29, 1.82) is 0 Å². The first-order valence-electron chi connectivity index (χ1n) is 8.46. The third kappa shape index (κ3) is 6.16. The van der Waals surface area contributed by atoms with Crippen molar-refractivity contribution in [2.45, 2.75) is 84.3 Å². The lowest BCUT2D eigenvalue weighted by molar-refractivity contribution is -0.133. The van der Waals surface area contributed by atoms with Crippen LogP contribution in [0.2, 0.25) is 0 Å². The van der Waals surface area contributed by atoms with Gasteiger partial charge in [-0.3, -0.25) is 9.59 Å². The number of carbonyl (C=O) groups is 2. The molecule has 0 aromatic rings. The van der Waals surface area contributed by atoms with Crippen LogP contribution >= 0.6 is 0 Å². The lowest BCUT2D eigenvalue weighted by Crippen LogP contribution is -2.49. The molecule has 0 bridgehead atoms. The van der Waals surface area contributed by atoms with Crippen LogP contribution in [0, 0.1) is 11.8 Å². The lowest BCUT2D eigenvalue weighted by atomic mass is 9.82. The standard InChI is InChI=1S/C17H31NO3/c1-4-8-15(19)18-14(17(21)16(20)12(2)3)11-13-9-6-5-7-10-13/h12-14,17,21H,4-11H2,1-3H3,(H,18,19)/t14-,17+/m0/s1. The Labute approximate surface area is 128 Å². The van der Waals surface area contributed by atoms with E-state index in [-0.39, 0.29) is 17.6 Å². The van der Waals surface area contributed by atoms with Crippen LogP contribution in [0.3, 0.4) is 0 Å². The Balaban J connectivity index is 2.67. The molecular weight excluding hydrogens is 266 g/mol. The minimum Gasteiger partial charge on any atom is -0.383 e. The summed E-state index contributed by atoms with van der Waals surface area (Å²) in [5.41, 5.74) is 0. The molecule has 0 unspecified atom stereocenters. The number of aliphatic hydroxyl groups excluding tert-OH is 1. The number of aliphatic hydroxyl groups is 1. The van der Waals surface area contributed by atoms with E-state index < -0.39 is 12.1 Å². The third-order valence-electron chi connectivity index (χ3n) is 4.38. The van der Waals surface area contributed by atoms with Crippen molar-refractivity contribution in [3.8, 4) is 0 Å². The zero-order valence-electron chi connectivity index (χ0n) is 13.7. The van der Waals surface area contributed by atoms with E-state index in [9.17, 15) is 14.7 Å². The normalized spacial score (nSPS) is 19.3. The fraction of sp³-hybridized carbons (Fsp3) is 0.882. The maximum Gasteiger partial charge on any atom is 0.220 e. The predicted octanol–water partition coefficient (Wildman–Crippen LogP) is 2.83. The molecule has 2 atom stereocenters. The second-order valence-corrected chi connectivity index (χ2v) is 6.67. The average Bonchev–Trinajstić information content (AvgIpc) is 2.46. The fourth-order valence-electron chi connectivity index (χ4n) is 3.09. The van der Waals surface area contributed by atoms with Gasteiger partial charge in [-0.2, -0.15) is 0 Å². The van der Waals surface area contributed by atoms with Gasteiger partial charge in [0.05, 0.1) is 6.04 Å². The summed E-state index contributed by atoms with van der Waals surface area (Å²) in [6.07, 6.45) is 6.85. The molecule has 1 saturated carbocycles. The van der Waals surface area contributed by atoms with E-state index >= 15 is 0 Å². The summed E-state index contributed by atoms with van der Waals surface area (Å²) in [4.78, 5) is 23.9. The van der Waals surface area contributed by atoms with Gasteiger partial charge in [-0.1, -0.05) is 52.9 Å². The van der Waals surface area contributed by atoms with Crippen molar-refractivity contribution in [2.75, 3.05) is 0 Å². The minimum atomic E-state index is -1.08. The molecule has 0 aromatic carbocycles. The third-order valence-corrected chi connectivity index (χ3v) is 4.38. The summed E-state index contributed by atoms with van der Waals surface area (Å²) in [7, 11) is 0. The van der Waals surface area contributed by atoms with Gasteiger partial charge in [0.25, 0.3) is 0 Å². The van der Waals surface area contributed by atoms with Gasteiger partial charge in [-0.25, -0.2) is 0 Å². The monoisotopic (exact) mass is 297 g/mol. The molecule has 0 radical (unpaired) electrons. The van der Waals surface area contributed by atoms with E-state index in [1.165, 1.54) is 19.3 Å². The van der Waals surface area contributed by atoms with E-state index in [1.54, 1.807) is 13.8 Å². The smallest absolute Gasteiger partial charge is 0.220 e. The molecule has 1 fully saturated rings. The van der Waals surface area contributed by atoms with E-state index in [2.05, 4.69) is 5.32 Å². The zero-order chi connectivity index (χ0) is 15.8. The van der Waals surface area contributed by atoms with Gasteiger partial charge in [0.2, 0.25) is 5.91 Å². The molecule has 2 N–H and O–H groups in total. The summed E-state index contributed by atoms with van der Waals surface area (Å²) in [5, 5.41) is 13.2. The fourth-order valence-corrected chi connectivity index (χ4v) is 3.09. The van der Waals surface area contributed by atoms with Crippen LogP contribution in [-0.4, -0.2) is 28.9 Å². The molecule has 0 heterocycles. The van der Waals surface area contributed by atoms with Crippen molar-refractivity contribution < 1.29 is 14.7 Å². The predicted molar refractivity (Wildman–Crippen MR) is 83.9 cm³/mol. The molecule has 1 aliphatic carbocycles. The van der Waals surface area contributed by atoms with Crippen LogP contribution < -0.4 is 5.32 Å². The van der Waals surface area contributed by atoms with Crippen molar-refractivity contribution in [2.24, 2.45) is 11.8 Å².